The summed E-state index contributed by atoms with van der Waals surface area (Å²) in [5.74, 6) is 1.28. The standard InChI is InChI=1S/C26H31N7O3/c1-18-5-4-6-21(13-18)22-14-23(19(2)34)33(30-22)25-15-24(32-8-11-35-12-9-32)28-26(29-25)36-10-7-20-16-27-31(3)17-20/h4-6,13-17,19,34H,7-12H2,1-3H3/t19-/m0/s1. The maximum absolute atomic E-state index is 10.6. The van der Waals surface area contributed by atoms with Gasteiger partial charge in [-0.05, 0) is 31.5 Å². The van der Waals surface area contributed by atoms with Gasteiger partial charge in [0.1, 0.15) is 5.82 Å². The molecule has 36 heavy (non-hydrogen) atoms. The maximum Gasteiger partial charge on any atom is 0.320 e. The monoisotopic (exact) mass is 489 g/mol. The lowest BCUT2D eigenvalue weighted by molar-refractivity contribution is 0.122. The number of morpholine rings is 1. The molecule has 10 heteroatoms. The van der Waals surface area contributed by atoms with Gasteiger partial charge in [-0.2, -0.15) is 20.2 Å². The molecule has 1 atom stereocenters. The third kappa shape index (κ3) is 5.39. The lowest BCUT2D eigenvalue weighted by Crippen LogP contribution is -2.37. The summed E-state index contributed by atoms with van der Waals surface area (Å²) in [5, 5.41) is 19.6. The number of anilines is 1. The minimum absolute atomic E-state index is 0.266. The Morgan fingerprint density at radius 1 is 1.11 bits per heavy atom. The molecule has 188 valence electrons. The van der Waals surface area contributed by atoms with Crippen molar-refractivity contribution in [2.75, 3.05) is 37.8 Å². The fourth-order valence-electron chi connectivity index (χ4n) is 4.21. The van der Waals surface area contributed by atoms with Crippen molar-refractivity contribution in [2.45, 2.75) is 26.4 Å². The zero-order valence-electron chi connectivity index (χ0n) is 20.8. The van der Waals surface area contributed by atoms with Gasteiger partial charge < -0.3 is 19.5 Å². The van der Waals surface area contributed by atoms with E-state index in [2.05, 4.69) is 26.0 Å². The van der Waals surface area contributed by atoms with E-state index in [1.54, 1.807) is 16.3 Å². The second kappa shape index (κ2) is 10.5. The molecule has 3 aromatic heterocycles. The van der Waals surface area contributed by atoms with Gasteiger partial charge in [-0.25, -0.2) is 4.68 Å². The summed E-state index contributed by atoms with van der Waals surface area (Å²) in [7, 11) is 1.89. The van der Waals surface area contributed by atoms with Crippen LogP contribution in [0.3, 0.4) is 0 Å². The summed E-state index contributed by atoms with van der Waals surface area (Å²) in [6.07, 6.45) is 3.73. The molecule has 1 aliphatic rings. The van der Waals surface area contributed by atoms with E-state index in [0.29, 0.717) is 37.8 Å². The first-order chi connectivity index (χ1) is 17.5. The smallest absolute Gasteiger partial charge is 0.320 e. The first-order valence-electron chi connectivity index (χ1n) is 12.1. The largest absolute Gasteiger partial charge is 0.463 e. The van der Waals surface area contributed by atoms with E-state index in [-0.39, 0.29) is 6.01 Å². The number of ether oxygens (including phenoxy) is 2. The second-order valence-corrected chi connectivity index (χ2v) is 9.00. The van der Waals surface area contributed by atoms with E-state index in [1.165, 1.54) is 0 Å². The number of aliphatic hydroxyl groups excluding tert-OH is 1. The zero-order valence-corrected chi connectivity index (χ0v) is 20.8. The van der Waals surface area contributed by atoms with Crippen molar-refractivity contribution in [1.29, 1.82) is 0 Å². The average Bonchev–Trinajstić information content (AvgIpc) is 3.51. The van der Waals surface area contributed by atoms with E-state index in [9.17, 15) is 5.11 Å². The summed E-state index contributed by atoms with van der Waals surface area (Å²) in [6, 6.07) is 12.2. The molecule has 1 aromatic carbocycles. The van der Waals surface area contributed by atoms with Crippen LogP contribution < -0.4 is 9.64 Å². The quantitative estimate of drug-likeness (QED) is 0.403. The molecule has 1 saturated heterocycles. The number of rotatable bonds is 8. The third-order valence-corrected chi connectivity index (χ3v) is 6.09. The molecule has 0 saturated carbocycles. The molecule has 1 aliphatic heterocycles. The Balaban J connectivity index is 1.50. The Hall–Kier alpha value is -3.76. The third-order valence-electron chi connectivity index (χ3n) is 6.09. The molecule has 1 fully saturated rings. The molecule has 0 unspecified atom stereocenters. The minimum atomic E-state index is -0.743. The highest BCUT2D eigenvalue weighted by Crippen LogP contribution is 2.27. The highest BCUT2D eigenvalue weighted by Gasteiger charge is 2.21. The minimum Gasteiger partial charge on any atom is -0.463 e. The molecule has 0 aliphatic carbocycles. The molecule has 0 amide bonds. The van der Waals surface area contributed by atoms with E-state index in [1.807, 2.05) is 56.7 Å². The second-order valence-electron chi connectivity index (χ2n) is 9.00. The molecule has 0 radical (unpaired) electrons. The van der Waals surface area contributed by atoms with E-state index in [4.69, 9.17) is 14.6 Å². The normalized spacial score (nSPS) is 14.7. The lowest BCUT2D eigenvalue weighted by atomic mass is 10.1. The summed E-state index contributed by atoms with van der Waals surface area (Å²) in [4.78, 5) is 11.5. The van der Waals surface area contributed by atoms with Gasteiger partial charge in [-0.3, -0.25) is 4.68 Å². The highest BCUT2D eigenvalue weighted by molar-refractivity contribution is 5.61. The van der Waals surface area contributed by atoms with Crippen LogP contribution in [0.15, 0.2) is 48.8 Å². The van der Waals surface area contributed by atoms with Crippen molar-refractivity contribution >= 4 is 5.82 Å². The Labute approximate surface area is 210 Å². The van der Waals surface area contributed by atoms with Crippen LogP contribution in [0.5, 0.6) is 6.01 Å². The van der Waals surface area contributed by atoms with Crippen molar-refractivity contribution in [2.24, 2.45) is 7.05 Å². The molecule has 4 aromatic rings. The van der Waals surface area contributed by atoms with Gasteiger partial charge in [-0.1, -0.05) is 23.8 Å². The molecule has 0 spiro atoms. The van der Waals surface area contributed by atoms with Crippen LogP contribution in [0, 0.1) is 6.92 Å². The number of nitrogens with zero attached hydrogens (tertiary/aromatic N) is 7. The summed E-state index contributed by atoms with van der Waals surface area (Å²) in [5.41, 5.74) is 4.60. The number of hydrogen-bond donors (Lipinski definition) is 1. The molecular formula is C26H31N7O3. The zero-order chi connectivity index (χ0) is 25.1. The summed E-state index contributed by atoms with van der Waals surface area (Å²) < 4.78 is 15.0. The first kappa shape index (κ1) is 24.0. The number of aromatic nitrogens is 6. The number of hydrogen-bond acceptors (Lipinski definition) is 8. The Morgan fingerprint density at radius 3 is 2.64 bits per heavy atom. The Bertz CT molecular complexity index is 1320. The van der Waals surface area contributed by atoms with Crippen LogP contribution in [0.25, 0.3) is 17.1 Å². The van der Waals surface area contributed by atoms with E-state index < -0.39 is 6.10 Å². The molecule has 4 heterocycles. The van der Waals surface area contributed by atoms with Gasteiger partial charge in [0.15, 0.2) is 5.82 Å². The van der Waals surface area contributed by atoms with Crippen molar-refractivity contribution in [1.82, 2.24) is 29.5 Å². The molecule has 5 rings (SSSR count). The molecule has 1 N–H and O–H groups in total. The Morgan fingerprint density at radius 2 is 1.92 bits per heavy atom. The number of aliphatic hydroxyl groups is 1. The molecule has 0 bridgehead atoms. The van der Waals surface area contributed by atoms with Crippen LogP contribution in [0.4, 0.5) is 5.82 Å². The van der Waals surface area contributed by atoms with Crippen LogP contribution in [-0.2, 0) is 18.2 Å². The number of aryl methyl sites for hydroxylation is 2. The predicted octanol–water partition coefficient (Wildman–Crippen LogP) is 2.88. The van der Waals surface area contributed by atoms with Crippen molar-refractivity contribution in [3.8, 4) is 23.1 Å². The van der Waals surface area contributed by atoms with Gasteiger partial charge in [0.25, 0.3) is 0 Å². The highest BCUT2D eigenvalue weighted by atomic mass is 16.5. The van der Waals surface area contributed by atoms with E-state index in [0.717, 1.165) is 41.3 Å². The van der Waals surface area contributed by atoms with Crippen molar-refractivity contribution in [3.63, 3.8) is 0 Å². The van der Waals surface area contributed by atoms with Crippen LogP contribution in [-0.4, -0.2) is 67.5 Å². The van der Waals surface area contributed by atoms with Crippen molar-refractivity contribution < 1.29 is 14.6 Å². The molecular weight excluding hydrogens is 458 g/mol. The van der Waals surface area contributed by atoms with Crippen molar-refractivity contribution in [3.05, 3.63) is 65.6 Å². The van der Waals surface area contributed by atoms with Gasteiger partial charge >= 0.3 is 6.01 Å². The summed E-state index contributed by atoms with van der Waals surface area (Å²) in [6.45, 7) is 6.90. The van der Waals surface area contributed by atoms with E-state index >= 15 is 0 Å². The van der Waals surface area contributed by atoms with Gasteiger partial charge in [-0.15, -0.1) is 0 Å². The Kier molecular flexibility index (Phi) is 6.97. The van der Waals surface area contributed by atoms with Gasteiger partial charge in [0, 0.05) is 44.4 Å². The van der Waals surface area contributed by atoms with Crippen LogP contribution in [0.2, 0.25) is 0 Å². The fourth-order valence-corrected chi connectivity index (χ4v) is 4.21. The fraction of sp³-hybridized carbons (Fsp3) is 0.385. The molecule has 10 nitrogen and oxygen atoms in total. The van der Waals surface area contributed by atoms with Gasteiger partial charge in [0.2, 0.25) is 0 Å². The summed E-state index contributed by atoms with van der Waals surface area (Å²) >= 11 is 0. The lowest BCUT2D eigenvalue weighted by Gasteiger charge is -2.28. The van der Waals surface area contributed by atoms with Gasteiger partial charge in [0.05, 0.1) is 43.5 Å². The topological polar surface area (TPSA) is 103 Å². The predicted molar refractivity (Wildman–Crippen MR) is 135 cm³/mol. The van der Waals surface area contributed by atoms with Crippen LogP contribution >= 0.6 is 0 Å². The maximum atomic E-state index is 10.6. The average molecular weight is 490 g/mol. The number of benzene rings is 1. The van der Waals surface area contributed by atoms with Crippen LogP contribution in [0.1, 0.15) is 29.8 Å². The first-order valence-corrected chi connectivity index (χ1v) is 12.1. The SMILES string of the molecule is Cc1cccc(-c2cc([C@H](C)O)n(-c3cc(N4CCOCC4)nc(OCCc4cnn(C)c4)n3)n2)c1.